The first-order valence-corrected chi connectivity index (χ1v) is 6.12. The smallest absolute Gasteiger partial charge is 0.189 e. The lowest BCUT2D eigenvalue weighted by Gasteiger charge is -2.05. The van der Waals surface area contributed by atoms with Crippen molar-refractivity contribution in [1.82, 2.24) is 4.98 Å². The van der Waals surface area contributed by atoms with Crippen LogP contribution in [0.15, 0.2) is 48.8 Å². The van der Waals surface area contributed by atoms with Crippen LogP contribution in [0.4, 0.5) is 0 Å². The van der Waals surface area contributed by atoms with Crippen molar-refractivity contribution in [3.05, 3.63) is 59.9 Å². The molecule has 2 aromatic rings. The molecule has 0 saturated carbocycles. The van der Waals surface area contributed by atoms with E-state index in [-0.39, 0.29) is 17.1 Å². The van der Waals surface area contributed by atoms with Crippen molar-refractivity contribution in [1.29, 1.82) is 0 Å². The maximum atomic E-state index is 12.2. The van der Waals surface area contributed by atoms with Crippen LogP contribution in [0.1, 0.15) is 22.8 Å². The molecule has 1 aromatic carbocycles. The lowest BCUT2D eigenvalue weighted by molar-refractivity contribution is 0.104. The summed E-state index contributed by atoms with van der Waals surface area (Å²) in [5.74, 6) is 0.168. The number of pyridine rings is 1. The van der Waals surface area contributed by atoms with Crippen molar-refractivity contribution < 1.29 is 14.6 Å². The number of ketones is 1. The molecule has 0 bridgehead atoms. The van der Waals surface area contributed by atoms with E-state index in [0.717, 1.165) is 11.1 Å². The highest BCUT2D eigenvalue weighted by atomic mass is 16.5. The fraction of sp³-hybridized carbons (Fsp3) is 0.125. The van der Waals surface area contributed by atoms with Crippen LogP contribution in [0, 0.1) is 0 Å². The summed E-state index contributed by atoms with van der Waals surface area (Å²) in [5, 5.41) is 9.84. The van der Waals surface area contributed by atoms with Gasteiger partial charge < -0.3 is 9.84 Å². The molecular weight excluding hydrogens is 254 g/mol. The highest BCUT2D eigenvalue weighted by Gasteiger charge is 2.10. The van der Waals surface area contributed by atoms with Gasteiger partial charge in [0.25, 0.3) is 0 Å². The molecule has 0 unspecified atom stereocenters. The zero-order valence-electron chi connectivity index (χ0n) is 11.3. The Hall–Kier alpha value is -2.62. The SMILES string of the molecule is COc1ccc(C(=O)C=C(C)c2ccncc2)c(O)c1. The number of aromatic hydroxyl groups is 1. The summed E-state index contributed by atoms with van der Waals surface area (Å²) in [7, 11) is 1.50. The third-order valence-electron chi connectivity index (χ3n) is 2.95. The summed E-state index contributed by atoms with van der Waals surface area (Å²) in [5.41, 5.74) is 1.98. The van der Waals surface area contributed by atoms with E-state index in [1.807, 2.05) is 19.1 Å². The lowest BCUT2D eigenvalue weighted by atomic mass is 10.0. The molecule has 4 heteroatoms. The molecule has 20 heavy (non-hydrogen) atoms. The second kappa shape index (κ2) is 6.02. The molecule has 0 aliphatic rings. The Bertz CT molecular complexity index is 648. The zero-order chi connectivity index (χ0) is 14.5. The number of methoxy groups -OCH3 is 1. The Labute approximate surface area is 117 Å². The number of aromatic nitrogens is 1. The molecule has 1 N–H and O–H groups in total. The predicted molar refractivity (Wildman–Crippen MR) is 76.9 cm³/mol. The number of phenols is 1. The predicted octanol–water partition coefficient (Wildman–Crippen LogP) is 3.08. The molecular formula is C16H15NO3. The minimum atomic E-state index is -0.250. The minimum Gasteiger partial charge on any atom is -0.507 e. The standard InChI is InChI=1S/C16H15NO3/c1-11(12-5-7-17-8-6-12)9-15(18)14-4-3-13(20-2)10-16(14)19/h3-10,19H,1-2H3. The topological polar surface area (TPSA) is 59.4 Å². The van der Waals surface area contributed by atoms with E-state index in [1.165, 1.54) is 19.3 Å². The number of carbonyl (C=O) groups is 1. The maximum Gasteiger partial charge on any atom is 0.189 e. The van der Waals surface area contributed by atoms with Gasteiger partial charge in [0.15, 0.2) is 5.78 Å². The van der Waals surface area contributed by atoms with Crippen molar-refractivity contribution in [3.63, 3.8) is 0 Å². The summed E-state index contributed by atoms with van der Waals surface area (Å²) in [6, 6.07) is 8.26. The van der Waals surface area contributed by atoms with Gasteiger partial charge in [0.1, 0.15) is 11.5 Å². The van der Waals surface area contributed by atoms with E-state index in [0.29, 0.717) is 5.75 Å². The fourth-order valence-electron chi connectivity index (χ4n) is 1.82. The first kappa shape index (κ1) is 13.8. The Morgan fingerprint density at radius 3 is 2.55 bits per heavy atom. The van der Waals surface area contributed by atoms with Crippen LogP contribution in [0.25, 0.3) is 5.57 Å². The molecule has 0 amide bonds. The van der Waals surface area contributed by atoms with Crippen molar-refractivity contribution in [2.75, 3.05) is 7.11 Å². The highest BCUT2D eigenvalue weighted by Crippen LogP contribution is 2.25. The minimum absolute atomic E-state index is 0.0897. The van der Waals surface area contributed by atoms with Crippen LogP contribution in [-0.2, 0) is 0 Å². The summed E-state index contributed by atoms with van der Waals surface area (Å²) < 4.78 is 4.99. The quantitative estimate of drug-likeness (QED) is 0.684. The molecule has 0 atom stereocenters. The molecule has 0 fully saturated rings. The first-order chi connectivity index (χ1) is 9.61. The Morgan fingerprint density at radius 1 is 1.25 bits per heavy atom. The normalized spacial score (nSPS) is 11.2. The van der Waals surface area contributed by atoms with E-state index in [4.69, 9.17) is 4.74 Å². The molecule has 4 nitrogen and oxygen atoms in total. The summed E-state index contributed by atoms with van der Waals surface area (Å²) in [4.78, 5) is 16.1. The van der Waals surface area contributed by atoms with Crippen LogP contribution in [0.2, 0.25) is 0 Å². The highest BCUT2D eigenvalue weighted by molar-refractivity contribution is 6.10. The van der Waals surface area contributed by atoms with Gasteiger partial charge in [-0.25, -0.2) is 0 Å². The Balaban J connectivity index is 2.28. The van der Waals surface area contributed by atoms with Gasteiger partial charge in [0, 0.05) is 18.5 Å². The van der Waals surface area contributed by atoms with Gasteiger partial charge in [-0.2, -0.15) is 0 Å². The van der Waals surface area contributed by atoms with Gasteiger partial charge in [0.2, 0.25) is 0 Å². The second-order valence-electron chi connectivity index (χ2n) is 4.31. The molecule has 2 rings (SSSR count). The van der Waals surface area contributed by atoms with Crippen LogP contribution in [-0.4, -0.2) is 23.0 Å². The van der Waals surface area contributed by atoms with Crippen LogP contribution >= 0.6 is 0 Å². The number of ether oxygens (including phenoxy) is 1. The zero-order valence-corrected chi connectivity index (χ0v) is 11.3. The second-order valence-corrected chi connectivity index (χ2v) is 4.31. The van der Waals surface area contributed by atoms with E-state index in [1.54, 1.807) is 24.5 Å². The van der Waals surface area contributed by atoms with Gasteiger partial charge in [-0.15, -0.1) is 0 Å². The molecule has 102 valence electrons. The monoisotopic (exact) mass is 269 g/mol. The van der Waals surface area contributed by atoms with Crippen molar-refractivity contribution in [2.45, 2.75) is 6.92 Å². The summed E-state index contributed by atoms with van der Waals surface area (Å²) in [6.07, 6.45) is 4.83. The van der Waals surface area contributed by atoms with Gasteiger partial charge in [-0.1, -0.05) is 0 Å². The molecule has 1 aromatic heterocycles. The Morgan fingerprint density at radius 2 is 1.95 bits per heavy atom. The lowest BCUT2D eigenvalue weighted by Crippen LogP contribution is -1.97. The molecule has 0 aliphatic heterocycles. The number of phenolic OH excluding ortho intramolecular Hbond substituents is 1. The van der Waals surface area contributed by atoms with Gasteiger partial charge in [0.05, 0.1) is 12.7 Å². The van der Waals surface area contributed by atoms with Crippen LogP contribution in [0.5, 0.6) is 11.5 Å². The third kappa shape index (κ3) is 3.03. The number of carbonyl (C=O) groups excluding carboxylic acids is 1. The molecule has 0 radical (unpaired) electrons. The van der Waals surface area contributed by atoms with Crippen LogP contribution in [0.3, 0.4) is 0 Å². The van der Waals surface area contributed by atoms with E-state index in [9.17, 15) is 9.90 Å². The maximum absolute atomic E-state index is 12.2. The average Bonchev–Trinajstić information content (AvgIpc) is 2.47. The molecule has 1 heterocycles. The largest absolute Gasteiger partial charge is 0.507 e. The third-order valence-corrected chi connectivity index (χ3v) is 2.95. The van der Waals surface area contributed by atoms with Gasteiger partial charge in [-0.05, 0) is 48.4 Å². The summed E-state index contributed by atoms with van der Waals surface area (Å²) in [6.45, 7) is 1.84. The summed E-state index contributed by atoms with van der Waals surface area (Å²) >= 11 is 0. The van der Waals surface area contributed by atoms with Crippen molar-refractivity contribution in [3.8, 4) is 11.5 Å². The van der Waals surface area contributed by atoms with Crippen molar-refractivity contribution >= 4 is 11.4 Å². The first-order valence-electron chi connectivity index (χ1n) is 6.12. The van der Waals surface area contributed by atoms with E-state index < -0.39 is 0 Å². The molecule has 0 aliphatic carbocycles. The number of nitrogens with zero attached hydrogens (tertiary/aromatic N) is 1. The number of allylic oxidation sites excluding steroid dienone is 2. The number of benzene rings is 1. The van der Waals surface area contributed by atoms with Crippen molar-refractivity contribution in [2.24, 2.45) is 0 Å². The fourth-order valence-corrected chi connectivity index (χ4v) is 1.82. The molecule has 0 saturated heterocycles. The van der Waals surface area contributed by atoms with Gasteiger partial charge >= 0.3 is 0 Å². The average molecular weight is 269 g/mol. The van der Waals surface area contributed by atoms with E-state index in [2.05, 4.69) is 4.98 Å². The van der Waals surface area contributed by atoms with Gasteiger partial charge in [-0.3, -0.25) is 9.78 Å². The number of hydrogen-bond donors (Lipinski definition) is 1. The van der Waals surface area contributed by atoms with Crippen LogP contribution < -0.4 is 4.74 Å². The number of hydrogen-bond acceptors (Lipinski definition) is 4. The number of rotatable bonds is 4. The van der Waals surface area contributed by atoms with E-state index >= 15 is 0 Å². The molecule has 0 spiro atoms. The Kier molecular flexibility index (Phi) is 4.15.